The number of fused-ring (bicyclic) bond motifs is 2. The minimum atomic E-state index is -2.07. The Bertz CT molecular complexity index is 1130. The molecular formula is C16H2F8S2. The zero-order valence-corrected chi connectivity index (χ0v) is 13.6. The van der Waals surface area contributed by atoms with E-state index in [1.807, 2.05) is 0 Å². The molecule has 4 rings (SSSR count). The number of hydrogen-bond donors (Lipinski definition) is 0. The van der Waals surface area contributed by atoms with Crippen molar-refractivity contribution in [3.05, 3.63) is 57.3 Å². The maximum absolute atomic E-state index is 14.2. The van der Waals surface area contributed by atoms with Crippen molar-refractivity contribution in [2.24, 2.45) is 0 Å². The highest BCUT2D eigenvalue weighted by atomic mass is 32.1. The Morgan fingerprint density at radius 2 is 0.731 bits per heavy atom. The van der Waals surface area contributed by atoms with Crippen LogP contribution in [0.1, 0.15) is 0 Å². The van der Waals surface area contributed by atoms with Gasteiger partial charge >= 0.3 is 0 Å². The summed E-state index contributed by atoms with van der Waals surface area (Å²) in [6.07, 6.45) is 0. The Hall–Kier alpha value is -2.20. The highest BCUT2D eigenvalue weighted by molar-refractivity contribution is 7.22. The molecule has 0 saturated heterocycles. The molecule has 0 amide bonds. The molecule has 2 aromatic carbocycles. The number of hydrogen-bond acceptors (Lipinski definition) is 2. The van der Waals surface area contributed by atoms with Gasteiger partial charge in [-0.2, -0.15) is 0 Å². The highest BCUT2D eigenvalue weighted by Crippen LogP contribution is 2.46. The Balaban J connectivity index is 2.16. The molecule has 0 nitrogen and oxygen atoms in total. The zero-order chi connectivity index (χ0) is 18.9. The second kappa shape index (κ2) is 5.65. The van der Waals surface area contributed by atoms with E-state index in [4.69, 9.17) is 0 Å². The zero-order valence-electron chi connectivity index (χ0n) is 12.0. The molecule has 0 aliphatic carbocycles. The SMILES string of the molecule is Fc1c(F)c(F)c2c(-c3scc4c(F)c(F)c(F)c(F)c34)scc2c1F. The summed E-state index contributed by atoms with van der Waals surface area (Å²) in [7, 11) is 0. The van der Waals surface area contributed by atoms with Crippen LogP contribution in [0.2, 0.25) is 0 Å². The fourth-order valence-electron chi connectivity index (χ4n) is 2.65. The molecule has 2 heterocycles. The summed E-state index contributed by atoms with van der Waals surface area (Å²) < 4.78 is 110. The van der Waals surface area contributed by atoms with Crippen LogP contribution in [0, 0.1) is 46.5 Å². The van der Waals surface area contributed by atoms with Gasteiger partial charge in [0.05, 0.1) is 9.75 Å². The number of benzene rings is 2. The van der Waals surface area contributed by atoms with Gasteiger partial charge in [0.1, 0.15) is 0 Å². The number of halogens is 8. The van der Waals surface area contributed by atoms with Crippen LogP contribution >= 0.6 is 22.7 Å². The summed E-state index contributed by atoms with van der Waals surface area (Å²) in [5.41, 5.74) is 0. The van der Waals surface area contributed by atoms with Gasteiger partial charge in [-0.05, 0) is 0 Å². The normalized spacial score (nSPS) is 11.8. The minimum Gasteiger partial charge on any atom is -0.203 e. The Kier molecular flexibility index (Phi) is 3.74. The lowest BCUT2D eigenvalue weighted by molar-refractivity contribution is 0.418. The highest BCUT2D eigenvalue weighted by Gasteiger charge is 2.28. The lowest BCUT2D eigenvalue weighted by Crippen LogP contribution is -1.98. The van der Waals surface area contributed by atoms with Crippen LogP contribution in [-0.4, -0.2) is 0 Å². The summed E-state index contributed by atoms with van der Waals surface area (Å²) in [4.78, 5) is -0.529. The second-order valence-electron chi connectivity index (χ2n) is 5.22. The maximum atomic E-state index is 14.2. The van der Waals surface area contributed by atoms with Crippen molar-refractivity contribution in [3.8, 4) is 9.75 Å². The van der Waals surface area contributed by atoms with Crippen LogP contribution < -0.4 is 0 Å². The smallest absolute Gasteiger partial charge is 0.198 e. The van der Waals surface area contributed by atoms with Gasteiger partial charge in [-0.1, -0.05) is 0 Å². The van der Waals surface area contributed by atoms with Gasteiger partial charge in [-0.3, -0.25) is 0 Å². The van der Waals surface area contributed by atoms with Gasteiger partial charge in [-0.25, -0.2) is 35.1 Å². The minimum absolute atomic E-state index is 0.264. The fraction of sp³-hybridized carbons (Fsp3) is 0. The average Bonchev–Trinajstić information content (AvgIpc) is 3.25. The molecule has 10 heteroatoms. The molecule has 26 heavy (non-hydrogen) atoms. The molecule has 0 bridgehead atoms. The van der Waals surface area contributed by atoms with Crippen molar-refractivity contribution in [1.29, 1.82) is 0 Å². The quantitative estimate of drug-likeness (QED) is 0.182. The van der Waals surface area contributed by atoms with Crippen molar-refractivity contribution in [2.75, 3.05) is 0 Å². The van der Waals surface area contributed by atoms with Crippen molar-refractivity contribution in [3.63, 3.8) is 0 Å². The molecule has 0 N–H and O–H groups in total. The van der Waals surface area contributed by atoms with E-state index in [1.165, 1.54) is 0 Å². The lowest BCUT2D eigenvalue weighted by Gasteiger charge is -2.05. The molecule has 0 aliphatic heterocycles. The first-order valence-electron chi connectivity index (χ1n) is 6.72. The summed E-state index contributed by atoms with van der Waals surface area (Å²) in [5, 5.41) is -0.673. The van der Waals surface area contributed by atoms with Gasteiger partial charge in [0.2, 0.25) is 0 Å². The van der Waals surface area contributed by atoms with Crippen molar-refractivity contribution in [2.45, 2.75) is 0 Å². The fourth-order valence-corrected chi connectivity index (χ4v) is 4.91. The Morgan fingerprint density at radius 1 is 0.423 bits per heavy atom. The summed E-state index contributed by atoms with van der Waals surface area (Å²) in [6, 6.07) is 0. The molecule has 2 aromatic heterocycles. The van der Waals surface area contributed by atoms with E-state index in [-0.39, 0.29) is 9.75 Å². The maximum Gasteiger partial charge on any atom is 0.198 e. The van der Waals surface area contributed by atoms with Crippen LogP contribution in [0.15, 0.2) is 10.8 Å². The van der Waals surface area contributed by atoms with E-state index in [9.17, 15) is 35.1 Å². The van der Waals surface area contributed by atoms with E-state index in [0.717, 1.165) is 10.8 Å². The van der Waals surface area contributed by atoms with Crippen LogP contribution in [0.5, 0.6) is 0 Å². The first kappa shape index (κ1) is 17.2. The predicted molar refractivity (Wildman–Crippen MR) is 82.3 cm³/mol. The molecule has 4 aromatic rings. The average molecular weight is 410 g/mol. The van der Waals surface area contributed by atoms with Crippen molar-refractivity contribution in [1.82, 2.24) is 0 Å². The van der Waals surface area contributed by atoms with Crippen LogP contribution in [0.25, 0.3) is 31.3 Å². The third-order valence-electron chi connectivity index (χ3n) is 3.86. The third kappa shape index (κ3) is 2.05. The molecule has 0 atom stereocenters. The summed E-state index contributed by atoms with van der Waals surface area (Å²) >= 11 is 1.20. The van der Waals surface area contributed by atoms with E-state index in [1.54, 1.807) is 0 Å². The van der Waals surface area contributed by atoms with Crippen LogP contribution in [0.3, 0.4) is 0 Å². The molecule has 0 spiro atoms. The van der Waals surface area contributed by atoms with Crippen molar-refractivity contribution < 1.29 is 35.1 Å². The van der Waals surface area contributed by atoms with E-state index < -0.39 is 68.1 Å². The van der Waals surface area contributed by atoms with Crippen molar-refractivity contribution >= 4 is 44.2 Å². The first-order chi connectivity index (χ1) is 12.3. The summed E-state index contributed by atoms with van der Waals surface area (Å²) in [6.45, 7) is 0. The Labute approximate surface area is 146 Å². The molecule has 0 unspecified atom stereocenters. The largest absolute Gasteiger partial charge is 0.203 e. The van der Waals surface area contributed by atoms with E-state index >= 15 is 0 Å². The monoisotopic (exact) mass is 410 g/mol. The van der Waals surface area contributed by atoms with Gasteiger partial charge in [0.25, 0.3) is 0 Å². The van der Waals surface area contributed by atoms with Crippen LogP contribution in [0.4, 0.5) is 35.1 Å². The lowest BCUT2D eigenvalue weighted by atomic mass is 10.1. The predicted octanol–water partition coefficient (Wildman–Crippen LogP) is 6.90. The molecule has 0 saturated carbocycles. The van der Waals surface area contributed by atoms with Gasteiger partial charge in [0, 0.05) is 32.3 Å². The number of thiophene rings is 2. The van der Waals surface area contributed by atoms with E-state index in [0.29, 0.717) is 22.7 Å². The molecule has 134 valence electrons. The molecule has 0 aliphatic rings. The topological polar surface area (TPSA) is 0 Å². The standard InChI is InChI=1S/C16H2F8S2/c17-7-3-1-25-15(5(3)9(19)13(23)11(7)21)16-6-4(2-26-16)8(18)12(22)14(24)10(6)20/h1-2H. The number of rotatable bonds is 1. The molecular weight excluding hydrogens is 408 g/mol. The van der Waals surface area contributed by atoms with Crippen LogP contribution in [-0.2, 0) is 0 Å². The van der Waals surface area contributed by atoms with Gasteiger partial charge in [-0.15, -0.1) is 22.7 Å². The van der Waals surface area contributed by atoms with Gasteiger partial charge in [0.15, 0.2) is 46.5 Å². The van der Waals surface area contributed by atoms with E-state index in [2.05, 4.69) is 0 Å². The second-order valence-corrected chi connectivity index (χ2v) is 6.98. The first-order valence-corrected chi connectivity index (χ1v) is 8.48. The molecule has 0 radical (unpaired) electrons. The Morgan fingerprint density at radius 3 is 1.08 bits per heavy atom. The van der Waals surface area contributed by atoms with Gasteiger partial charge < -0.3 is 0 Å². The third-order valence-corrected chi connectivity index (χ3v) is 5.98. The molecule has 0 fully saturated rings. The summed E-state index contributed by atoms with van der Waals surface area (Å²) in [5.74, 6) is -14.9.